The van der Waals surface area contributed by atoms with Gasteiger partial charge in [0.25, 0.3) is 0 Å². The van der Waals surface area contributed by atoms with Crippen LogP contribution in [0, 0.1) is 5.41 Å². The highest BCUT2D eigenvalue weighted by molar-refractivity contribution is 6.50. The van der Waals surface area contributed by atoms with Crippen molar-refractivity contribution in [1.29, 1.82) is 5.41 Å². The number of allylic oxidation sites excluding steroid dienone is 2. The van der Waals surface area contributed by atoms with Gasteiger partial charge in [-0.2, -0.15) is 0 Å². The number of aliphatic hydroxyl groups excluding tert-OH is 2. The van der Waals surface area contributed by atoms with Crippen LogP contribution in [-0.4, -0.2) is 54.5 Å². The molecule has 0 atom stereocenters. The molecular weight excluding hydrogens is 356 g/mol. The van der Waals surface area contributed by atoms with Crippen LogP contribution in [-0.2, 0) is 4.74 Å². The summed E-state index contributed by atoms with van der Waals surface area (Å²) in [5, 5.41) is 26.4. The van der Waals surface area contributed by atoms with Crippen molar-refractivity contribution in [2.24, 2.45) is 10.7 Å². The fraction of sp³-hybridized carbons (Fsp3) is 0.429. The predicted octanol–water partition coefficient (Wildman–Crippen LogP) is 2.52. The molecule has 1 aromatic carbocycles. The normalized spacial score (nSPS) is 15.4. The predicted molar refractivity (Wildman–Crippen MR) is 113 cm³/mol. The fourth-order valence-corrected chi connectivity index (χ4v) is 2.83. The number of hydrogen-bond donors (Lipinski definition) is 4. The number of unbranched alkanes of at least 4 members (excludes halogenated alkanes) is 2. The van der Waals surface area contributed by atoms with Crippen molar-refractivity contribution in [2.45, 2.75) is 26.2 Å². The van der Waals surface area contributed by atoms with Crippen molar-refractivity contribution in [3.05, 3.63) is 47.9 Å². The lowest BCUT2D eigenvalue weighted by Gasteiger charge is -2.22. The zero-order valence-electron chi connectivity index (χ0n) is 16.4. The topological polar surface area (TPSA) is 115 Å². The van der Waals surface area contributed by atoms with Crippen molar-refractivity contribution in [1.82, 2.24) is 0 Å². The summed E-state index contributed by atoms with van der Waals surface area (Å²) in [5.41, 5.74) is 8.75. The Morgan fingerprint density at radius 3 is 2.36 bits per heavy atom. The summed E-state index contributed by atoms with van der Waals surface area (Å²) in [6.45, 7) is 3.66. The number of nitrogens with zero attached hydrogens (tertiary/aromatic N) is 2. The first-order valence-electron chi connectivity index (χ1n) is 9.65. The molecule has 0 amide bonds. The van der Waals surface area contributed by atoms with Crippen LogP contribution in [0.1, 0.15) is 26.2 Å². The molecule has 0 aliphatic heterocycles. The highest BCUT2D eigenvalue weighted by atomic mass is 16.5. The van der Waals surface area contributed by atoms with Crippen molar-refractivity contribution >= 4 is 22.8 Å². The van der Waals surface area contributed by atoms with Gasteiger partial charge in [-0.1, -0.05) is 19.8 Å². The molecule has 0 saturated heterocycles. The summed E-state index contributed by atoms with van der Waals surface area (Å²) in [5.74, 6) is 0.555. The van der Waals surface area contributed by atoms with E-state index >= 15 is 0 Å². The number of anilines is 1. The summed E-state index contributed by atoms with van der Waals surface area (Å²) >= 11 is 0. The maximum Gasteiger partial charge on any atom is 0.144 e. The zero-order chi connectivity index (χ0) is 20.4. The van der Waals surface area contributed by atoms with Crippen molar-refractivity contribution in [2.75, 3.05) is 37.8 Å². The van der Waals surface area contributed by atoms with Crippen LogP contribution in [0.15, 0.2) is 52.9 Å². The van der Waals surface area contributed by atoms with E-state index in [4.69, 9.17) is 26.1 Å². The molecule has 7 nitrogen and oxygen atoms in total. The summed E-state index contributed by atoms with van der Waals surface area (Å²) in [4.78, 5) is 6.43. The van der Waals surface area contributed by atoms with Crippen molar-refractivity contribution < 1.29 is 14.9 Å². The molecular formula is C21H30N4O3. The van der Waals surface area contributed by atoms with Gasteiger partial charge in [-0.25, -0.2) is 4.99 Å². The molecule has 7 heteroatoms. The molecule has 1 aromatic rings. The maximum atomic E-state index is 9.16. The Hall–Kier alpha value is -2.64. The minimum Gasteiger partial charge on any atom is -0.491 e. The molecule has 1 aliphatic rings. The Balaban J connectivity index is 2.13. The van der Waals surface area contributed by atoms with E-state index in [2.05, 4.69) is 11.9 Å². The maximum absolute atomic E-state index is 9.16. The fourth-order valence-electron chi connectivity index (χ4n) is 2.83. The van der Waals surface area contributed by atoms with Gasteiger partial charge in [0.1, 0.15) is 5.76 Å². The van der Waals surface area contributed by atoms with E-state index in [1.165, 1.54) is 0 Å². The van der Waals surface area contributed by atoms with Crippen LogP contribution in [0.3, 0.4) is 0 Å². The third-order valence-electron chi connectivity index (χ3n) is 4.34. The van der Waals surface area contributed by atoms with Gasteiger partial charge >= 0.3 is 0 Å². The minimum absolute atomic E-state index is 0.0147. The standard InChI is InChI=1S/C21H30N4O3/c1-2-3-4-13-28-21-15-20(18(22)14-19(21)23)24-16-5-7-17(8-6-16)25(9-11-26)10-12-27/h5-8,14-15,22,26-27H,2-4,9-13,23H2,1H3. The third-order valence-corrected chi connectivity index (χ3v) is 4.34. The average molecular weight is 386 g/mol. The van der Waals surface area contributed by atoms with Gasteiger partial charge in [-0.15, -0.1) is 0 Å². The van der Waals surface area contributed by atoms with Crippen molar-refractivity contribution in [3.8, 4) is 0 Å². The quantitative estimate of drug-likeness (QED) is 0.345. The first-order valence-corrected chi connectivity index (χ1v) is 9.65. The van der Waals surface area contributed by atoms with Crippen LogP contribution in [0.2, 0.25) is 0 Å². The summed E-state index contributed by atoms with van der Waals surface area (Å²) in [6, 6.07) is 7.45. The molecule has 152 valence electrons. The lowest BCUT2D eigenvalue weighted by molar-refractivity contribution is 0.213. The van der Waals surface area contributed by atoms with E-state index in [0.717, 1.165) is 24.9 Å². The molecule has 0 bridgehead atoms. The minimum atomic E-state index is 0.0147. The van der Waals surface area contributed by atoms with Crippen LogP contribution in [0.4, 0.5) is 11.4 Å². The van der Waals surface area contributed by atoms with Crippen molar-refractivity contribution in [3.63, 3.8) is 0 Å². The molecule has 0 unspecified atom stereocenters. The molecule has 1 aliphatic carbocycles. The van der Waals surface area contributed by atoms with E-state index < -0.39 is 0 Å². The lowest BCUT2D eigenvalue weighted by Crippen LogP contribution is -2.29. The molecule has 0 aromatic heterocycles. The van der Waals surface area contributed by atoms with Gasteiger partial charge in [0.05, 0.1) is 42.6 Å². The number of rotatable bonds is 11. The Morgan fingerprint density at radius 1 is 1.07 bits per heavy atom. The Bertz CT molecular complexity index is 733. The largest absolute Gasteiger partial charge is 0.491 e. The van der Waals surface area contributed by atoms with Crippen LogP contribution in [0.5, 0.6) is 0 Å². The number of aliphatic imine (C=N–C) groups is 1. The highest BCUT2D eigenvalue weighted by Gasteiger charge is 2.15. The van der Waals surface area contributed by atoms with E-state index in [-0.39, 0.29) is 18.9 Å². The molecule has 0 radical (unpaired) electrons. The number of ether oxygens (including phenoxy) is 1. The smallest absolute Gasteiger partial charge is 0.144 e. The number of hydrogen-bond acceptors (Lipinski definition) is 7. The highest BCUT2D eigenvalue weighted by Crippen LogP contribution is 2.22. The van der Waals surface area contributed by atoms with Gasteiger partial charge in [-0.05, 0) is 36.8 Å². The van der Waals surface area contributed by atoms with Crippen LogP contribution in [0.25, 0.3) is 0 Å². The average Bonchev–Trinajstić information content (AvgIpc) is 2.69. The Morgan fingerprint density at radius 2 is 1.75 bits per heavy atom. The number of nitrogens with two attached hydrogens (primary N) is 1. The SMILES string of the molecule is CCCCCOC1=CC(=Nc2ccc(N(CCO)CCO)cc2)C(=N)C=C1N. The van der Waals surface area contributed by atoms with Gasteiger partial charge in [0, 0.05) is 24.9 Å². The molecule has 28 heavy (non-hydrogen) atoms. The first-order chi connectivity index (χ1) is 13.6. The number of benzene rings is 1. The van der Waals surface area contributed by atoms with Gasteiger partial charge in [-0.3, -0.25) is 5.41 Å². The first kappa shape index (κ1) is 21.7. The summed E-state index contributed by atoms with van der Waals surface area (Å²) < 4.78 is 5.75. The summed E-state index contributed by atoms with van der Waals surface area (Å²) in [7, 11) is 0. The van der Waals surface area contributed by atoms with E-state index in [9.17, 15) is 0 Å². The molecule has 0 spiro atoms. The zero-order valence-corrected chi connectivity index (χ0v) is 16.4. The second-order valence-corrected chi connectivity index (χ2v) is 6.53. The van der Waals surface area contributed by atoms with Gasteiger partial charge in [0.15, 0.2) is 0 Å². The summed E-state index contributed by atoms with van der Waals surface area (Å²) in [6.07, 6.45) is 6.46. The number of aliphatic hydroxyl groups is 2. The van der Waals surface area contributed by atoms with E-state index in [1.807, 2.05) is 29.2 Å². The monoisotopic (exact) mass is 386 g/mol. The van der Waals surface area contributed by atoms with Crippen LogP contribution < -0.4 is 10.6 Å². The molecule has 0 fully saturated rings. The molecule has 0 saturated carbocycles. The third kappa shape index (κ3) is 6.21. The van der Waals surface area contributed by atoms with E-state index in [1.54, 1.807) is 12.2 Å². The second kappa shape index (κ2) is 11.3. The van der Waals surface area contributed by atoms with Gasteiger partial charge in [0.2, 0.25) is 0 Å². The molecule has 0 heterocycles. The second-order valence-electron chi connectivity index (χ2n) is 6.53. The lowest BCUT2D eigenvalue weighted by atomic mass is 10.1. The number of nitrogens with one attached hydrogen (secondary N) is 1. The Kier molecular flexibility index (Phi) is 8.71. The van der Waals surface area contributed by atoms with Crippen LogP contribution >= 0.6 is 0 Å². The van der Waals surface area contributed by atoms with E-state index in [0.29, 0.717) is 42.6 Å². The molecule has 5 N–H and O–H groups in total. The van der Waals surface area contributed by atoms with Gasteiger partial charge < -0.3 is 25.6 Å². The molecule has 2 rings (SSSR count). The Labute approximate surface area is 166 Å².